The average Bonchev–Trinajstić information content (AvgIpc) is 2.85. The second kappa shape index (κ2) is 6.97. The number of rotatable bonds is 2. The summed E-state index contributed by atoms with van der Waals surface area (Å²) in [5, 5.41) is 6.30. The maximum absolute atomic E-state index is 12.3. The van der Waals surface area contributed by atoms with Gasteiger partial charge in [-0.3, -0.25) is 0 Å². The zero-order valence-corrected chi connectivity index (χ0v) is 14.4. The van der Waals surface area contributed by atoms with Crippen LogP contribution in [-0.4, -0.2) is 54.0 Å². The van der Waals surface area contributed by atoms with E-state index in [2.05, 4.69) is 24.5 Å². The van der Waals surface area contributed by atoms with E-state index in [1.165, 1.54) is 5.75 Å². The van der Waals surface area contributed by atoms with Gasteiger partial charge < -0.3 is 20.1 Å². The van der Waals surface area contributed by atoms with Crippen LogP contribution >= 0.6 is 11.8 Å². The molecule has 0 aromatic rings. The summed E-state index contributed by atoms with van der Waals surface area (Å²) in [6.07, 6.45) is 5.21. The van der Waals surface area contributed by atoms with Crippen LogP contribution in [0.3, 0.4) is 0 Å². The highest BCUT2D eigenvalue weighted by Gasteiger charge is 2.41. The molecule has 0 bridgehead atoms. The van der Waals surface area contributed by atoms with Gasteiger partial charge in [0.1, 0.15) is 0 Å². The van der Waals surface area contributed by atoms with Crippen LogP contribution in [0.15, 0.2) is 0 Å². The van der Waals surface area contributed by atoms with Crippen LogP contribution in [0.5, 0.6) is 0 Å². The minimum atomic E-state index is -0.0287. The van der Waals surface area contributed by atoms with Gasteiger partial charge in [0.15, 0.2) is 0 Å². The van der Waals surface area contributed by atoms with Gasteiger partial charge in [0.2, 0.25) is 0 Å². The summed E-state index contributed by atoms with van der Waals surface area (Å²) in [5.41, 5.74) is 0.0164. The molecule has 3 saturated heterocycles. The van der Waals surface area contributed by atoms with E-state index < -0.39 is 0 Å². The van der Waals surface area contributed by atoms with Gasteiger partial charge in [-0.15, -0.1) is 0 Å². The van der Waals surface area contributed by atoms with Crippen LogP contribution in [0.1, 0.15) is 46.0 Å². The zero-order chi connectivity index (χ0) is 15.6. The average molecular weight is 328 g/mol. The lowest BCUT2D eigenvalue weighted by atomic mass is 9.90. The lowest BCUT2D eigenvalue weighted by Gasteiger charge is -2.38. The predicted octanol–water partition coefficient (Wildman–Crippen LogP) is 2.30. The van der Waals surface area contributed by atoms with Crippen molar-refractivity contribution in [1.82, 2.24) is 10.6 Å². The van der Waals surface area contributed by atoms with Gasteiger partial charge >= 0.3 is 6.03 Å². The third kappa shape index (κ3) is 4.09. The lowest BCUT2D eigenvalue weighted by molar-refractivity contribution is -0.0686. The lowest BCUT2D eigenvalue weighted by Crippen LogP contribution is -2.53. The zero-order valence-electron chi connectivity index (χ0n) is 13.6. The molecule has 3 heterocycles. The fourth-order valence-electron chi connectivity index (χ4n) is 3.95. The third-order valence-electron chi connectivity index (χ3n) is 4.93. The molecule has 22 heavy (non-hydrogen) atoms. The van der Waals surface area contributed by atoms with Crippen LogP contribution in [0, 0.1) is 0 Å². The van der Waals surface area contributed by atoms with E-state index >= 15 is 0 Å². The van der Waals surface area contributed by atoms with Crippen LogP contribution < -0.4 is 10.6 Å². The molecule has 5 nitrogen and oxygen atoms in total. The first kappa shape index (κ1) is 16.4. The van der Waals surface area contributed by atoms with Crippen molar-refractivity contribution in [2.45, 2.75) is 75.8 Å². The van der Waals surface area contributed by atoms with E-state index in [9.17, 15) is 4.79 Å². The topological polar surface area (TPSA) is 59.6 Å². The smallest absolute Gasteiger partial charge is 0.315 e. The Morgan fingerprint density at radius 1 is 1.18 bits per heavy atom. The number of nitrogens with one attached hydrogen (secondary N) is 2. The quantitative estimate of drug-likeness (QED) is 0.816. The van der Waals surface area contributed by atoms with Gasteiger partial charge in [-0.05, 0) is 51.7 Å². The number of hydrogen-bond acceptors (Lipinski definition) is 4. The maximum Gasteiger partial charge on any atom is 0.315 e. The molecule has 1 unspecified atom stereocenters. The number of carbonyl (C=O) groups is 1. The first-order valence-electron chi connectivity index (χ1n) is 8.49. The molecular weight excluding hydrogens is 300 g/mol. The monoisotopic (exact) mass is 328 g/mol. The van der Waals surface area contributed by atoms with E-state index in [-0.39, 0.29) is 35.9 Å². The SMILES string of the molecule is C[C@@H]1CC(NC(=O)N[C@@H]2CCO[C@@]3(CCSC3)C2)C[C@H](C)O1. The Morgan fingerprint density at radius 2 is 1.91 bits per heavy atom. The Labute approximate surface area is 137 Å². The molecule has 0 aromatic carbocycles. The second-order valence-electron chi connectivity index (χ2n) is 7.07. The molecule has 0 aliphatic carbocycles. The van der Waals surface area contributed by atoms with Crippen molar-refractivity contribution >= 4 is 17.8 Å². The molecule has 1 spiro atoms. The van der Waals surface area contributed by atoms with E-state index in [0.717, 1.165) is 44.5 Å². The standard InChI is InChI=1S/C16H28N2O3S/c1-11-7-14(8-12(2)21-11)18-15(19)17-13-3-5-20-16(9-13)4-6-22-10-16/h11-14H,3-10H2,1-2H3,(H2,17,18,19)/t11-,12+,13-,14?,16+/m1/s1. The maximum atomic E-state index is 12.3. The number of thioether (sulfide) groups is 1. The molecule has 6 heteroatoms. The Kier molecular flexibility index (Phi) is 5.20. The van der Waals surface area contributed by atoms with Crippen molar-refractivity contribution in [3.05, 3.63) is 0 Å². The van der Waals surface area contributed by atoms with Crippen LogP contribution in [0.4, 0.5) is 4.79 Å². The van der Waals surface area contributed by atoms with Gasteiger partial charge in [-0.2, -0.15) is 11.8 Å². The Bertz CT molecular complexity index is 391. The second-order valence-corrected chi connectivity index (χ2v) is 8.17. The Morgan fingerprint density at radius 3 is 2.59 bits per heavy atom. The van der Waals surface area contributed by atoms with E-state index in [4.69, 9.17) is 9.47 Å². The molecular formula is C16H28N2O3S. The molecule has 126 valence electrons. The molecule has 0 saturated carbocycles. The molecule has 3 rings (SSSR count). The highest BCUT2D eigenvalue weighted by molar-refractivity contribution is 7.99. The largest absolute Gasteiger partial charge is 0.375 e. The summed E-state index contributed by atoms with van der Waals surface area (Å²) in [4.78, 5) is 12.3. The summed E-state index contributed by atoms with van der Waals surface area (Å²) < 4.78 is 11.7. The normalized spacial score (nSPS) is 42.3. The third-order valence-corrected chi connectivity index (χ3v) is 6.15. The van der Waals surface area contributed by atoms with Crippen molar-refractivity contribution in [1.29, 1.82) is 0 Å². The molecule has 0 aromatic heterocycles. The van der Waals surface area contributed by atoms with Crippen LogP contribution in [-0.2, 0) is 9.47 Å². The number of amides is 2. The van der Waals surface area contributed by atoms with Gasteiger partial charge in [-0.25, -0.2) is 4.79 Å². The van der Waals surface area contributed by atoms with Crippen molar-refractivity contribution in [2.75, 3.05) is 18.1 Å². The van der Waals surface area contributed by atoms with Crippen molar-refractivity contribution in [3.8, 4) is 0 Å². The number of ether oxygens (including phenoxy) is 2. The number of carbonyl (C=O) groups excluding carboxylic acids is 1. The summed E-state index contributed by atoms with van der Waals surface area (Å²) in [6, 6.07) is 0.427. The first-order valence-corrected chi connectivity index (χ1v) is 9.64. The Balaban J connectivity index is 1.47. The van der Waals surface area contributed by atoms with Gasteiger partial charge in [0.25, 0.3) is 0 Å². The summed E-state index contributed by atoms with van der Waals surface area (Å²) >= 11 is 1.96. The van der Waals surface area contributed by atoms with Gasteiger partial charge in [-0.1, -0.05) is 0 Å². The fourth-order valence-corrected chi connectivity index (χ4v) is 5.33. The van der Waals surface area contributed by atoms with Crippen LogP contribution in [0.2, 0.25) is 0 Å². The highest BCUT2D eigenvalue weighted by Crippen LogP contribution is 2.38. The minimum Gasteiger partial charge on any atom is -0.375 e. The molecule has 2 amide bonds. The molecule has 0 radical (unpaired) electrons. The Hall–Kier alpha value is -0.460. The molecule has 3 aliphatic heterocycles. The molecule has 3 fully saturated rings. The fraction of sp³-hybridized carbons (Fsp3) is 0.938. The molecule has 5 atom stereocenters. The van der Waals surface area contributed by atoms with E-state index in [1.54, 1.807) is 0 Å². The molecule has 3 aliphatic rings. The molecule has 2 N–H and O–H groups in total. The van der Waals surface area contributed by atoms with Crippen molar-refractivity contribution in [3.63, 3.8) is 0 Å². The van der Waals surface area contributed by atoms with Crippen LogP contribution in [0.25, 0.3) is 0 Å². The van der Waals surface area contributed by atoms with Gasteiger partial charge in [0, 0.05) is 24.4 Å². The number of hydrogen-bond donors (Lipinski definition) is 2. The van der Waals surface area contributed by atoms with E-state index in [0.29, 0.717) is 0 Å². The van der Waals surface area contributed by atoms with Crippen molar-refractivity contribution < 1.29 is 14.3 Å². The summed E-state index contributed by atoms with van der Waals surface area (Å²) in [5.74, 6) is 2.25. The number of urea groups is 1. The summed E-state index contributed by atoms with van der Waals surface area (Å²) in [6.45, 7) is 4.90. The minimum absolute atomic E-state index is 0.0164. The summed E-state index contributed by atoms with van der Waals surface area (Å²) in [7, 11) is 0. The predicted molar refractivity (Wildman–Crippen MR) is 88.3 cm³/mol. The first-order chi connectivity index (χ1) is 10.5. The van der Waals surface area contributed by atoms with E-state index in [1.807, 2.05) is 11.8 Å². The van der Waals surface area contributed by atoms with Crippen molar-refractivity contribution in [2.24, 2.45) is 0 Å². The van der Waals surface area contributed by atoms with Gasteiger partial charge in [0.05, 0.1) is 17.8 Å². The highest BCUT2D eigenvalue weighted by atomic mass is 32.2.